The number of ether oxygens (including phenoxy) is 1. The molecule has 20 heavy (non-hydrogen) atoms. The zero-order valence-electron chi connectivity index (χ0n) is 10.3. The van der Waals surface area contributed by atoms with Crippen molar-refractivity contribution >= 4 is 5.97 Å². The highest BCUT2D eigenvalue weighted by molar-refractivity contribution is 5.85. The van der Waals surface area contributed by atoms with Gasteiger partial charge in [-0.25, -0.2) is 9.78 Å². The standard InChI is InChI=1S/C12H12F3NO4/c13-12(14,15)6-20-9-4-8(10(17)18)16-5-7(9)11(19)2-1-3-11/h4-5,19H,1-3,6H2,(H,17,18). The molecule has 110 valence electrons. The average Bonchev–Trinajstić information content (AvgIpc) is 2.32. The molecule has 1 heterocycles. The number of hydrogen-bond acceptors (Lipinski definition) is 4. The van der Waals surface area contributed by atoms with Crippen molar-refractivity contribution in [2.75, 3.05) is 6.61 Å². The van der Waals surface area contributed by atoms with Gasteiger partial charge in [0.25, 0.3) is 0 Å². The maximum absolute atomic E-state index is 12.2. The number of halogens is 3. The highest BCUT2D eigenvalue weighted by Gasteiger charge is 2.40. The first-order valence-corrected chi connectivity index (χ1v) is 5.87. The molecule has 0 amide bonds. The molecule has 2 N–H and O–H groups in total. The molecule has 1 aromatic rings. The maximum atomic E-state index is 12.2. The Hall–Kier alpha value is -1.83. The van der Waals surface area contributed by atoms with Gasteiger partial charge in [0, 0.05) is 17.8 Å². The summed E-state index contributed by atoms with van der Waals surface area (Å²) in [4.78, 5) is 14.4. The first-order chi connectivity index (χ1) is 9.21. The number of nitrogens with zero attached hydrogens (tertiary/aromatic N) is 1. The van der Waals surface area contributed by atoms with E-state index in [1.54, 1.807) is 0 Å². The summed E-state index contributed by atoms with van der Waals surface area (Å²) in [6.45, 7) is -1.56. The van der Waals surface area contributed by atoms with Gasteiger partial charge in [-0.1, -0.05) is 0 Å². The van der Waals surface area contributed by atoms with E-state index in [4.69, 9.17) is 5.11 Å². The Morgan fingerprint density at radius 1 is 1.45 bits per heavy atom. The number of hydrogen-bond donors (Lipinski definition) is 2. The smallest absolute Gasteiger partial charge is 0.422 e. The third-order valence-corrected chi connectivity index (χ3v) is 3.16. The third kappa shape index (κ3) is 3.01. The van der Waals surface area contributed by atoms with E-state index < -0.39 is 30.0 Å². The molecular formula is C12H12F3NO4. The van der Waals surface area contributed by atoms with E-state index in [1.165, 1.54) is 0 Å². The lowest BCUT2D eigenvalue weighted by molar-refractivity contribution is -0.154. The Morgan fingerprint density at radius 2 is 2.10 bits per heavy atom. The van der Waals surface area contributed by atoms with E-state index in [9.17, 15) is 23.1 Å². The number of pyridine rings is 1. The summed E-state index contributed by atoms with van der Waals surface area (Å²) in [7, 11) is 0. The zero-order valence-corrected chi connectivity index (χ0v) is 10.3. The SMILES string of the molecule is O=C(O)c1cc(OCC(F)(F)F)c(C2(O)CCC2)cn1. The summed E-state index contributed by atoms with van der Waals surface area (Å²) in [5, 5.41) is 19.0. The molecule has 0 saturated heterocycles. The lowest BCUT2D eigenvalue weighted by Crippen LogP contribution is -2.35. The largest absolute Gasteiger partial charge is 0.484 e. The lowest BCUT2D eigenvalue weighted by Gasteiger charge is -2.37. The highest BCUT2D eigenvalue weighted by Crippen LogP contribution is 2.44. The van der Waals surface area contributed by atoms with Crippen molar-refractivity contribution in [2.24, 2.45) is 0 Å². The van der Waals surface area contributed by atoms with Crippen LogP contribution in [-0.2, 0) is 5.60 Å². The van der Waals surface area contributed by atoms with E-state index in [1.807, 2.05) is 0 Å². The van der Waals surface area contributed by atoms with Crippen molar-refractivity contribution < 1.29 is 32.9 Å². The van der Waals surface area contributed by atoms with Crippen molar-refractivity contribution in [3.05, 3.63) is 23.5 Å². The van der Waals surface area contributed by atoms with Gasteiger partial charge < -0.3 is 14.9 Å². The number of carboxylic acids is 1. The van der Waals surface area contributed by atoms with E-state index in [0.717, 1.165) is 18.7 Å². The fraction of sp³-hybridized carbons (Fsp3) is 0.500. The molecule has 0 aliphatic heterocycles. The second kappa shape index (κ2) is 4.93. The first kappa shape index (κ1) is 14.6. The second-order valence-corrected chi connectivity index (χ2v) is 4.66. The summed E-state index contributed by atoms with van der Waals surface area (Å²) >= 11 is 0. The molecule has 0 atom stereocenters. The number of aliphatic hydroxyl groups is 1. The van der Waals surface area contributed by atoms with Gasteiger partial charge in [-0.3, -0.25) is 0 Å². The molecule has 0 spiro atoms. The highest BCUT2D eigenvalue weighted by atomic mass is 19.4. The van der Waals surface area contributed by atoms with Gasteiger partial charge in [0.1, 0.15) is 5.75 Å². The Kier molecular flexibility index (Phi) is 3.59. The van der Waals surface area contributed by atoms with Crippen LogP contribution in [0.25, 0.3) is 0 Å². The number of carbonyl (C=O) groups is 1. The Bertz CT molecular complexity index is 526. The van der Waals surface area contributed by atoms with E-state index >= 15 is 0 Å². The summed E-state index contributed by atoms with van der Waals surface area (Å²) in [5.41, 5.74) is -1.63. The van der Waals surface area contributed by atoms with Crippen LogP contribution in [0.5, 0.6) is 5.75 Å². The maximum Gasteiger partial charge on any atom is 0.422 e. The van der Waals surface area contributed by atoms with Gasteiger partial charge >= 0.3 is 12.1 Å². The molecule has 0 unspecified atom stereocenters. The predicted molar refractivity (Wildman–Crippen MR) is 60.5 cm³/mol. The summed E-state index contributed by atoms with van der Waals surface area (Å²) in [5.74, 6) is -1.68. The van der Waals surface area contributed by atoms with Gasteiger partial charge in [-0.05, 0) is 19.3 Å². The second-order valence-electron chi connectivity index (χ2n) is 4.66. The molecule has 2 rings (SSSR count). The fourth-order valence-corrected chi connectivity index (χ4v) is 1.96. The molecule has 0 bridgehead atoms. The fourth-order valence-electron chi connectivity index (χ4n) is 1.96. The molecule has 8 heteroatoms. The zero-order chi connectivity index (χ0) is 15.0. The number of alkyl halides is 3. The van der Waals surface area contributed by atoms with Crippen LogP contribution in [0.15, 0.2) is 12.3 Å². The van der Waals surface area contributed by atoms with Gasteiger partial charge in [0.2, 0.25) is 0 Å². The van der Waals surface area contributed by atoms with Crippen molar-refractivity contribution in [3.63, 3.8) is 0 Å². The quantitative estimate of drug-likeness (QED) is 0.888. The number of carboxylic acid groups (broad SMARTS) is 1. The topological polar surface area (TPSA) is 79.7 Å². The van der Waals surface area contributed by atoms with Crippen LogP contribution in [-0.4, -0.2) is 33.9 Å². The Labute approximate surface area is 112 Å². The van der Waals surface area contributed by atoms with Crippen LogP contribution in [0.4, 0.5) is 13.2 Å². The van der Waals surface area contributed by atoms with Crippen molar-refractivity contribution in [2.45, 2.75) is 31.0 Å². The van der Waals surface area contributed by atoms with E-state index in [-0.39, 0.29) is 11.3 Å². The molecule has 1 fully saturated rings. The molecular weight excluding hydrogens is 279 g/mol. The minimum absolute atomic E-state index is 0.0954. The normalized spacial score (nSPS) is 17.4. The monoisotopic (exact) mass is 291 g/mol. The average molecular weight is 291 g/mol. The Balaban J connectivity index is 2.33. The van der Waals surface area contributed by atoms with Crippen LogP contribution >= 0.6 is 0 Å². The minimum atomic E-state index is -4.55. The van der Waals surface area contributed by atoms with Crippen LogP contribution in [0.2, 0.25) is 0 Å². The van der Waals surface area contributed by atoms with Gasteiger partial charge in [0.05, 0.1) is 5.60 Å². The van der Waals surface area contributed by atoms with Crippen LogP contribution in [0.1, 0.15) is 35.3 Å². The van der Waals surface area contributed by atoms with Crippen LogP contribution in [0.3, 0.4) is 0 Å². The first-order valence-electron chi connectivity index (χ1n) is 5.87. The molecule has 0 aromatic carbocycles. The lowest BCUT2D eigenvalue weighted by atomic mass is 9.75. The van der Waals surface area contributed by atoms with Crippen molar-refractivity contribution in [1.82, 2.24) is 4.98 Å². The van der Waals surface area contributed by atoms with Gasteiger partial charge in [0.15, 0.2) is 12.3 Å². The Morgan fingerprint density at radius 3 is 2.55 bits per heavy atom. The third-order valence-electron chi connectivity index (χ3n) is 3.16. The molecule has 5 nitrogen and oxygen atoms in total. The van der Waals surface area contributed by atoms with Crippen LogP contribution in [0, 0.1) is 0 Å². The van der Waals surface area contributed by atoms with Crippen molar-refractivity contribution in [1.29, 1.82) is 0 Å². The number of aromatic carboxylic acids is 1. The van der Waals surface area contributed by atoms with Crippen LogP contribution < -0.4 is 4.74 Å². The molecule has 1 aliphatic rings. The summed E-state index contributed by atoms with van der Waals surface area (Å²) in [6.07, 6.45) is -2.00. The summed E-state index contributed by atoms with van der Waals surface area (Å²) < 4.78 is 41.2. The molecule has 1 aliphatic carbocycles. The van der Waals surface area contributed by atoms with E-state index in [0.29, 0.717) is 12.8 Å². The van der Waals surface area contributed by atoms with Gasteiger partial charge in [-0.2, -0.15) is 13.2 Å². The number of rotatable bonds is 4. The minimum Gasteiger partial charge on any atom is -0.484 e. The van der Waals surface area contributed by atoms with E-state index in [2.05, 4.69) is 9.72 Å². The summed E-state index contributed by atoms with van der Waals surface area (Å²) in [6, 6.07) is 0.902. The number of aromatic nitrogens is 1. The molecule has 1 aromatic heterocycles. The van der Waals surface area contributed by atoms with Crippen molar-refractivity contribution in [3.8, 4) is 5.75 Å². The van der Waals surface area contributed by atoms with Gasteiger partial charge in [-0.15, -0.1) is 0 Å². The predicted octanol–water partition coefficient (Wildman–Crippen LogP) is 2.09. The molecule has 0 radical (unpaired) electrons. The molecule has 1 saturated carbocycles.